The number of benzene rings is 1. The fourth-order valence-electron chi connectivity index (χ4n) is 2.02. The molecule has 1 heterocycles. The van der Waals surface area contributed by atoms with E-state index in [9.17, 15) is 9.70 Å². The number of fused-ring (bicyclic) bond motifs is 1. The van der Waals surface area contributed by atoms with Crippen molar-refractivity contribution in [3.05, 3.63) is 23.1 Å². The Hall–Kier alpha value is -1.56. The third kappa shape index (κ3) is 2.20. The van der Waals surface area contributed by atoms with E-state index in [2.05, 4.69) is 10.6 Å². The number of para-hydroxylation sites is 1. The van der Waals surface area contributed by atoms with E-state index in [-0.39, 0.29) is 5.91 Å². The molecule has 0 aromatic heterocycles. The fraction of sp³-hybridized carbons (Fsp3) is 0.417. The van der Waals surface area contributed by atoms with Gasteiger partial charge in [-0.05, 0) is 30.9 Å². The molecule has 0 unspecified atom stereocenters. The van der Waals surface area contributed by atoms with Crippen LogP contribution in [-0.2, 0) is 4.79 Å². The zero-order valence-electron chi connectivity index (χ0n) is 9.76. The van der Waals surface area contributed by atoms with E-state index in [1.165, 1.54) is 16.8 Å². The maximum atomic E-state index is 11.5. The average Bonchev–Trinajstić information content (AvgIpc) is 3.19. The Morgan fingerprint density at radius 3 is 3.00 bits per heavy atom. The van der Waals surface area contributed by atoms with E-state index in [0.29, 0.717) is 23.9 Å². The molecule has 0 spiro atoms. The molecule has 0 saturated heterocycles. The second kappa shape index (κ2) is 4.61. The fourth-order valence-corrected chi connectivity index (χ4v) is 2.85. The van der Waals surface area contributed by atoms with E-state index in [0.717, 1.165) is 23.4 Å². The highest BCUT2D eigenvalue weighted by Gasteiger charge is 2.28. The number of nitrogens with one attached hydrogen (secondary N) is 1. The second-order valence-electron chi connectivity index (χ2n) is 4.59. The number of thioether (sulfide) groups is 1. The van der Waals surface area contributed by atoms with Gasteiger partial charge in [0.2, 0.25) is 5.91 Å². The minimum absolute atomic E-state index is 0.0304. The molecule has 1 aliphatic carbocycles. The summed E-state index contributed by atoms with van der Waals surface area (Å²) < 4.78 is 0. The molecule has 1 amide bonds. The lowest BCUT2D eigenvalue weighted by Crippen LogP contribution is -2.24. The maximum absolute atomic E-state index is 11.5. The summed E-state index contributed by atoms with van der Waals surface area (Å²) in [4.78, 5) is 23.5. The number of carbonyl (C=O) groups is 1. The Morgan fingerprint density at radius 2 is 2.28 bits per heavy atom. The minimum atomic E-state index is -0.0304. The summed E-state index contributed by atoms with van der Waals surface area (Å²) in [7, 11) is 0. The highest BCUT2D eigenvalue weighted by Crippen LogP contribution is 2.40. The Balaban J connectivity index is 1.94. The first-order chi connectivity index (χ1) is 8.78. The van der Waals surface area contributed by atoms with Gasteiger partial charge in [-0.15, -0.1) is 16.7 Å². The summed E-state index contributed by atoms with van der Waals surface area (Å²) in [6.45, 7) is 0.639. The van der Waals surface area contributed by atoms with Gasteiger partial charge in [0.25, 0.3) is 0 Å². The first-order valence-electron chi connectivity index (χ1n) is 5.94. The average molecular weight is 263 g/mol. The van der Waals surface area contributed by atoms with Crippen LogP contribution < -0.4 is 10.3 Å². The van der Waals surface area contributed by atoms with Crippen molar-refractivity contribution in [2.75, 3.05) is 22.6 Å². The van der Waals surface area contributed by atoms with E-state index in [4.69, 9.17) is 0 Å². The summed E-state index contributed by atoms with van der Waals surface area (Å²) in [6, 6.07) is 5.67. The van der Waals surface area contributed by atoms with Gasteiger partial charge in [0.15, 0.2) is 0 Å². The molecule has 1 aromatic carbocycles. The van der Waals surface area contributed by atoms with Crippen molar-refractivity contribution in [3.8, 4) is 0 Å². The lowest BCUT2D eigenvalue weighted by atomic mass is 10.2. The lowest BCUT2D eigenvalue weighted by molar-refractivity contribution is -0.113. The highest BCUT2D eigenvalue weighted by atomic mass is 32.2. The van der Waals surface area contributed by atoms with Crippen LogP contribution in [0.4, 0.5) is 11.4 Å². The summed E-state index contributed by atoms with van der Waals surface area (Å²) in [5.74, 6) is 0.955. The molecule has 0 atom stereocenters. The molecule has 1 saturated carbocycles. The van der Waals surface area contributed by atoms with Gasteiger partial charge in [0.1, 0.15) is 0 Å². The van der Waals surface area contributed by atoms with Crippen LogP contribution in [0.25, 0.3) is 0 Å². The van der Waals surface area contributed by atoms with Crippen LogP contribution in [0.1, 0.15) is 12.8 Å². The lowest BCUT2D eigenvalue weighted by Gasteiger charge is -2.23. The van der Waals surface area contributed by atoms with Crippen molar-refractivity contribution in [1.29, 1.82) is 0 Å². The predicted molar refractivity (Wildman–Crippen MR) is 71.7 cm³/mol. The van der Waals surface area contributed by atoms with Gasteiger partial charge in [0, 0.05) is 11.4 Å². The van der Waals surface area contributed by atoms with Gasteiger partial charge < -0.3 is 5.32 Å². The molecular weight excluding hydrogens is 250 g/mol. The van der Waals surface area contributed by atoms with E-state index in [1.807, 2.05) is 18.2 Å². The van der Waals surface area contributed by atoms with Crippen molar-refractivity contribution < 1.29 is 4.79 Å². The summed E-state index contributed by atoms with van der Waals surface area (Å²) in [5, 5.41) is 7.39. The topological polar surface area (TPSA) is 61.8 Å². The van der Waals surface area contributed by atoms with Gasteiger partial charge in [-0.2, -0.15) is 0 Å². The van der Waals surface area contributed by atoms with Crippen LogP contribution in [0.2, 0.25) is 0 Å². The van der Waals surface area contributed by atoms with Crippen molar-refractivity contribution in [1.82, 2.24) is 0 Å². The van der Waals surface area contributed by atoms with Crippen molar-refractivity contribution in [3.63, 3.8) is 0 Å². The summed E-state index contributed by atoms with van der Waals surface area (Å²) in [6.07, 6.45) is 2.31. The minimum Gasteiger partial charge on any atom is -0.323 e. The van der Waals surface area contributed by atoms with Crippen LogP contribution in [0.3, 0.4) is 0 Å². The molecule has 2 aliphatic rings. The van der Waals surface area contributed by atoms with E-state index in [1.54, 1.807) is 0 Å². The van der Waals surface area contributed by atoms with Crippen LogP contribution in [0, 0.1) is 10.8 Å². The predicted octanol–water partition coefficient (Wildman–Crippen LogP) is 2.63. The van der Waals surface area contributed by atoms with Gasteiger partial charge in [-0.1, -0.05) is 6.07 Å². The summed E-state index contributed by atoms with van der Waals surface area (Å²) >= 11 is 1.49. The molecule has 1 fully saturated rings. The number of hydrogen-bond donors (Lipinski definition) is 1. The number of nitrogens with zero attached hydrogens (tertiary/aromatic N) is 2. The van der Waals surface area contributed by atoms with Gasteiger partial charge in [-0.3, -0.25) is 4.79 Å². The number of anilines is 2. The monoisotopic (exact) mass is 263 g/mol. The number of nitroso groups, excluding NO2 is 1. The SMILES string of the molecule is O=NN(CC1CC1)c1cccc2c1NC(=O)CS2. The van der Waals surface area contributed by atoms with Crippen LogP contribution in [0.5, 0.6) is 0 Å². The zero-order valence-corrected chi connectivity index (χ0v) is 10.6. The van der Waals surface area contributed by atoms with Crippen LogP contribution in [-0.4, -0.2) is 18.2 Å². The van der Waals surface area contributed by atoms with Gasteiger partial charge >= 0.3 is 0 Å². The Labute approximate surface area is 109 Å². The molecule has 0 radical (unpaired) electrons. The maximum Gasteiger partial charge on any atom is 0.234 e. The van der Waals surface area contributed by atoms with Crippen molar-refractivity contribution in [2.24, 2.45) is 11.2 Å². The van der Waals surface area contributed by atoms with Crippen LogP contribution >= 0.6 is 11.8 Å². The van der Waals surface area contributed by atoms with Crippen LogP contribution in [0.15, 0.2) is 28.4 Å². The van der Waals surface area contributed by atoms with Gasteiger partial charge in [-0.25, -0.2) is 5.01 Å². The molecule has 5 nitrogen and oxygen atoms in total. The smallest absolute Gasteiger partial charge is 0.234 e. The molecule has 18 heavy (non-hydrogen) atoms. The third-order valence-corrected chi connectivity index (χ3v) is 4.19. The molecule has 3 rings (SSSR count). The third-order valence-electron chi connectivity index (χ3n) is 3.13. The highest BCUT2D eigenvalue weighted by molar-refractivity contribution is 8.00. The number of hydrogen-bond acceptors (Lipinski definition) is 4. The molecule has 1 aromatic rings. The summed E-state index contributed by atoms with van der Waals surface area (Å²) in [5.41, 5.74) is 1.42. The molecule has 0 bridgehead atoms. The first kappa shape index (κ1) is 11.5. The molecule has 6 heteroatoms. The molecule has 1 aliphatic heterocycles. The Morgan fingerprint density at radius 1 is 1.44 bits per heavy atom. The number of rotatable bonds is 4. The molecule has 1 N–H and O–H groups in total. The van der Waals surface area contributed by atoms with Gasteiger partial charge in [0.05, 0.1) is 22.4 Å². The Bertz CT molecular complexity index is 502. The van der Waals surface area contributed by atoms with E-state index < -0.39 is 0 Å². The first-order valence-corrected chi connectivity index (χ1v) is 6.93. The Kier molecular flexibility index (Phi) is 2.95. The van der Waals surface area contributed by atoms with E-state index >= 15 is 0 Å². The molecular formula is C12H13N3O2S. The standard InChI is InChI=1S/C12H13N3O2S/c16-11-7-18-10-3-1-2-9(12(10)13-11)15(14-17)6-8-4-5-8/h1-3,8H,4-7H2,(H,13,16). The number of amides is 1. The number of carbonyl (C=O) groups excluding carboxylic acids is 1. The van der Waals surface area contributed by atoms with Crippen molar-refractivity contribution >= 4 is 29.0 Å². The van der Waals surface area contributed by atoms with Crippen molar-refractivity contribution in [2.45, 2.75) is 17.7 Å². The quantitative estimate of drug-likeness (QED) is 0.670. The normalized spacial score (nSPS) is 17.9. The largest absolute Gasteiger partial charge is 0.323 e. The zero-order chi connectivity index (χ0) is 12.5. The molecule has 94 valence electrons. The second-order valence-corrected chi connectivity index (χ2v) is 5.61.